The number of hydrogen-bond acceptors (Lipinski definition) is 6. The van der Waals surface area contributed by atoms with Crippen molar-refractivity contribution in [3.63, 3.8) is 0 Å². The van der Waals surface area contributed by atoms with Crippen LogP contribution in [0.15, 0.2) is 22.6 Å². The number of anilines is 1. The Morgan fingerprint density at radius 1 is 1.13 bits per heavy atom. The predicted molar refractivity (Wildman–Crippen MR) is 96.6 cm³/mol. The summed E-state index contributed by atoms with van der Waals surface area (Å²) < 4.78 is 85.6. The zero-order valence-electron chi connectivity index (χ0n) is 15.8. The van der Waals surface area contributed by atoms with Gasteiger partial charge in [-0.05, 0) is 18.2 Å². The van der Waals surface area contributed by atoms with Gasteiger partial charge in [0.25, 0.3) is 5.92 Å². The maximum atomic E-state index is 15.0. The molecule has 2 aliphatic rings. The summed E-state index contributed by atoms with van der Waals surface area (Å²) in [6, 6.07) is 3.04. The Kier molecular flexibility index (Phi) is 5.64. The fourth-order valence-electron chi connectivity index (χ4n) is 3.71. The summed E-state index contributed by atoms with van der Waals surface area (Å²) in [5, 5.41) is 12.2. The van der Waals surface area contributed by atoms with E-state index in [1.165, 1.54) is 11.0 Å². The Bertz CT molecular complexity index is 893. The number of nitrogens with zero attached hydrogens (tertiary/aromatic N) is 1. The number of alkyl halides is 5. The summed E-state index contributed by atoms with van der Waals surface area (Å²) in [6.07, 6.45) is -6.74. The molecule has 0 aliphatic carbocycles. The minimum absolute atomic E-state index is 0.139. The summed E-state index contributed by atoms with van der Waals surface area (Å²) in [5.41, 5.74) is -0.444. The van der Waals surface area contributed by atoms with E-state index in [-0.39, 0.29) is 49.6 Å². The summed E-state index contributed by atoms with van der Waals surface area (Å²) >= 11 is 0. The Hall–Kier alpha value is -1.95. The highest BCUT2D eigenvalue weighted by atomic mass is 19.4. The molecular weight excluding hydrogens is 415 g/mol. The van der Waals surface area contributed by atoms with Crippen LogP contribution in [0.25, 0.3) is 11.0 Å². The zero-order chi connectivity index (χ0) is 21.5. The maximum absolute atomic E-state index is 15.0. The molecule has 1 saturated heterocycles. The number of aliphatic hydroxyl groups is 1. The van der Waals surface area contributed by atoms with Gasteiger partial charge in [0.2, 0.25) is 0 Å². The molecule has 166 valence electrons. The monoisotopic (exact) mass is 436 g/mol. The van der Waals surface area contributed by atoms with E-state index in [9.17, 15) is 22.0 Å². The highest BCUT2D eigenvalue weighted by molar-refractivity contribution is 5.93. The number of aliphatic hydroxyl groups excluding tert-OH is 1. The van der Waals surface area contributed by atoms with Gasteiger partial charge >= 0.3 is 6.18 Å². The highest BCUT2D eigenvalue weighted by Gasteiger charge is 2.45. The molecule has 1 fully saturated rings. The minimum Gasteiger partial charge on any atom is -0.457 e. The van der Waals surface area contributed by atoms with E-state index in [1.807, 2.05) is 0 Å². The first-order chi connectivity index (χ1) is 14.2. The predicted octanol–water partition coefficient (Wildman–Crippen LogP) is 2.77. The lowest BCUT2D eigenvalue weighted by Crippen LogP contribution is -2.52. The minimum atomic E-state index is -4.56. The van der Waals surface area contributed by atoms with Gasteiger partial charge in [-0.2, -0.15) is 13.2 Å². The molecule has 1 aromatic heterocycles. The molecular formula is C19H21F5N2O4. The van der Waals surface area contributed by atoms with Crippen molar-refractivity contribution >= 4 is 16.7 Å². The van der Waals surface area contributed by atoms with E-state index in [0.29, 0.717) is 12.3 Å². The van der Waals surface area contributed by atoms with Crippen molar-refractivity contribution in [2.45, 2.75) is 30.9 Å². The highest BCUT2D eigenvalue weighted by Crippen LogP contribution is 2.40. The first kappa shape index (κ1) is 21.3. The van der Waals surface area contributed by atoms with Gasteiger partial charge in [0.1, 0.15) is 23.6 Å². The quantitative estimate of drug-likeness (QED) is 0.719. The van der Waals surface area contributed by atoms with Crippen LogP contribution in [0.5, 0.6) is 0 Å². The molecule has 4 rings (SSSR count). The first-order valence-electron chi connectivity index (χ1n) is 9.49. The van der Waals surface area contributed by atoms with Crippen LogP contribution in [-0.2, 0) is 22.2 Å². The van der Waals surface area contributed by atoms with Gasteiger partial charge in [0.05, 0.1) is 44.2 Å². The summed E-state index contributed by atoms with van der Waals surface area (Å²) in [7, 11) is 0. The lowest BCUT2D eigenvalue weighted by molar-refractivity contribution is -0.216. The lowest BCUT2D eigenvalue weighted by atomic mass is 10.1. The molecule has 2 aromatic rings. The third-order valence-electron chi connectivity index (χ3n) is 5.26. The zero-order valence-corrected chi connectivity index (χ0v) is 15.8. The van der Waals surface area contributed by atoms with Crippen LogP contribution >= 0.6 is 0 Å². The number of halogens is 5. The Balaban J connectivity index is 1.65. The largest absolute Gasteiger partial charge is 0.457 e. The molecule has 0 spiro atoms. The third-order valence-corrected chi connectivity index (χ3v) is 5.26. The molecule has 3 heterocycles. The Labute approximate surface area is 168 Å². The standard InChI is InChI=1S/C19H21F5N2O4/c20-18(21,16-9-28-12(7-27)8-29-16)10-26-4-3-25-6-15-17(26)13-5-11(19(22,23)24)1-2-14(13)30-15/h1-2,5,12,16,25,27H,3-4,6-10H2. The number of ether oxygens (including phenoxy) is 2. The van der Waals surface area contributed by atoms with Crippen molar-refractivity contribution in [2.75, 3.05) is 44.4 Å². The smallest absolute Gasteiger partial charge is 0.416 e. The normalized spacial score (nSPS) is 23.5. The Morgan fingerprint density at radius 2 is 1.93 bits per heavy atom. The molecule has 0 bridgehead atoms. The van der Waals surface area contributed by atoms with Crippen LogP contribution in [0.3, 0.4) is 0 Å². The number of hydrogen-bond donors (Lipinski definition) is 2. The van der Waals surface area contributed by atoms with Crippen molar-refractivity contribution in [1.82, 2.24) is 5.32 Å². The van der Waals surface area contributed by atoms with Gasteiger partial charge in [-0.1, -0.05) is 0 Å². The number of furan rings is 1. The second-order valence-corrected chi connectivity index (χ2v) is 7.40. The van der Waals surface area contributed by atoms with E-state index in [2.05, 4.69) is 5.32 Å². The maximum Gasteiger partial charge on any atom is 0.416 e. The molecule has 0 amide bonds. The van der Waals surface area contributed by atoms with Crippen molar-refractivity contribution < 1.29 is 40.9 Å². The molecule has 2 N–H and O–H groups in total. The molecule has 30 heavy (non-hydrogen) atoms. The van der Waals surface area contributed by atoms with Crippen LogP contribution < -0.4 is 10.2 Å². The number of fused-ring (bicyclic) bond motifs is 3. The van der Waals surface area contributed by atoms with E-state index < -0.39 is 36.4 Å². The lowest BCUT2D eigenvalue weighted by Gasteiger charge is -2.36. The third kappa shape index (κ3) is 4.11. The molecule has 1 aromatic carbocycles. The first-order valence-corrected chi connectivity index (χ1v) is 9.49. The molecule has 0 radical (unpaired) electrons. The van der Waals surface area contributed by atoms with Gasteiger partial charge < -0.3 is 29.2 Å². The summed E-state index contributed by atoms with van der Waals surface area (Å²) in [6.45, 7) is -0.925. The second kappa shape index (κ2) is 7.95. The molecule has 0 saturated carbocycles. The van der Waals surface area contributed by atoms with Gasteiger partial charge in [-0.15, -0.1) is 0 Å². The fraction of sp³-hybridized carbons (Fsp3) is 0.579. The van der Waals surface area contributed by atoms with Gasteiger partial charge in [0.15, 0.2) is 0 Å². The average Bonchev–Trinajstić information content (AvgIpc) is 2.96. The molecule has 6 nitrogen and oxygen atoms in total. The van der Waals surface area contributed by atoms with Gasteiger partial charge in [-0.25, -0.2) is 8.78 Å². The van der Waals surface area contributed by atoms with E-state index in [0.717, 1.165) is 12.1 Å². The number of benzene rings is 1. The molecule has 2 unspecified atom stereocenters. The van der Waals surface area contributed by atoms with Crippen molar-refractivity contribution in [1.29, 1.82) is 0 Å². The van der Waals surface area contributed by atoms with E-state index >= 15 is 0 Å². The molecule has 2 atom stereocenters. The topological polar surface area (TPSA) is 67.1 Å². The summed E-state index contributed by atoms with van der Waals surface area (Å²) in [5.74, 6) is -3.04. The number of rotatable bonds is 4. The van der Waals surface area contributed by atoms with Crippen molar-refractivity contribution in [3.05, 3.63) is 29.5 Å². The molecule has 2 aliphatic heterocycles. The van der Waals surface area contributed by atoms with Crippen molar-refractivity contribution in [3.8, 4) is 0 Å². The van der Waals surface area contributed by atoms with Crippen LogP contribution in [-0.4, -0.2) is 62.7 Å². The van der Waals surface area contributed by atoms with E-state index in [1.54, 1.807) is 0 Å². The van der Waals surface area contributed by atoms with Gasteiger partial charge in [0, 0.05) is 18.5 Å². The van der Waals surface area contributed by atoms with Crippen LogP contribution in [0, 0.1) is 0 Å². The van der Waals surface area contributed by atoms with Crippen molar-refractivity contribution in [2.24, 2.45) is 0 Å². The SMILES string of the molecule is OCC1COC(C(F)(F)CN2CCNCc3oc4ccc(C(F)(F)F)cc4c32)CO1. The summed E-state index contributed by atoms with van der Waals surface area (Å²) in [4.78, 5) is 1.34. The van der Waals surface area contributed by atoms with Gasteiger partial charge in [-0.3, -0.25) is 0 Å². The second-order valence-electron chi connectivity index (χ2n) is 7.40. The number of nitrogens with one attached hydrogen (secondary N) is 1. The Morgan fingerprint density at radius 3 is 2.60 bits per heavy atom. The van der Waals surface area contributed by atoms with Crippen LogP contribution in [0.1, 0.15) is 11.3 Å². The van der Waals surface area contributed by atoms with E-state index in [4.69, 9.17) is 19.0 Å². The molecule has 11 heteroatoms. The fourth-order valence-corrected chi connectivity index (χ4v) is 3.71. The van der Waals surface area contributed by atoms with Crippen LogP contribution in [0.2, 0.25) is 0 Å². The van der Waals surface area contributed by atoms with Crippen LogP contribution in [0.4, 0.5) is 27.6 Å². The average molecular weight is 436 g/mol.